The molecule has 26 heavy (non-hydrogen) atoms. The SMILES string of the molecule is O=S(=O)(/C=C/c1ccccc1)N1[C@H]2CC[C@H]1CN(Cc1ccccc1)C2. The topological polar surface area (TPSA) is 40.6 Å². The first-order chi connectivity index (χ1) is 12.6. The summed E-state index contributed by atoms with van der Waals surface area (Å²) < 4.78 is 27.6. The molecule has 2 bridgehead atoms. The summed E-state index contributed by atoms with van der Waals surface area (Å²) in [6.45, 7) is 2.51. The zero-order valence-corrected chi connectivity index (χ0v) is 15.6. The number of sulfonamides is 1. The molecule has 0 saturated carbocycles. The minimum Gasteiger partial charge on any atom is -0.296 e. The van der Waals surface area contributed by atoms with Crippen LogP contribution in [-0.4, -0.2) is 42.8 Å². The van der Waals surface area contributed by atoms with Gasteiger partial charge in [0.15, 0.2) is 0 Å². The molecule has 2 saturated heterocycles. The van der Waals surface area contributed by atoms with Gasteiger partial charge in [0.25, 0.3) is 0 Å². The maximum atomic E-state index is 12.9. The van der Waals surface area contributed by atoms with E-state index in [2.05, 4.69) is 29.2 Å². The molecule has 0 aromatic heterocycles. The average molecular weight is 369 g/mol. The number of hydrogen-bond acceptors (Lipinski definition) is 3. The predicted octanol–water partition coefficient (Wildman–Crippen LogP) is 3.34. The molecule has 0 amide bonds. The van der Waals surface area contributed by atoms with Crippen molar-refractivity contribution >= 4 is 16.1 Å². The van der Waals surface area contributed by atoms with Gasteiger partial charge in [0.2, 0.25) is 10.0 Å². The van der Waals surface area contributed by atoms with Crippen LogP contribution in [0.2, 0.25) is 0 Å². The third-order valence-corrected chi connectivity index (χ3v) is 6.93. The lowest BCUT2D eigenvalue weighted by molar-refractivity contribution is 0.124. The first-order valence-corrected chi connectivity index (χ1v) is 10.6. The van der Waals surface area contributed by atoms with Crippen molar-refractivity contribution in [2.24, 2.45) is 0 Å². The van der Waals surface area contributed by atoms with Crippen LogP contribution < -0.4 is 0 Å². The Labute approximate surface area is 155 Å². The second-order valence-electron chi connectivity index (χ2n) is 7.15. The van der Waals surface area contributed by atoms with Crippen LogP contribution in [0.3, 0.4) is 0 Å². The molecule has 2 atom stereocenters. The third kappa shape index (κ3) is 3.75. The summed E-state index contributed by atoms with van der Waals surface area (Å²) in [6, 6.07) is 20.2. The first kappa shape index (κ1) is 17.5. The van der Waals surface area contributed by atoms with Crippen LogP contribution in [0.25, 0.3) is 6.08 Å². The Balaban J connectivity index is 1.46. The monoisotopic (exact) mass is 368 g/mol. The van der Waals surface area contributed by atoms with Crippen molar-refractivity contribution in [2.45, 2.75) is 31.5 Å². The zero-order valence-electron chi connectivity index (χ0n) is 14.7. The van der Waals surface area contributed by atoms with E-state index in [1.807, 2.05) is 36.4 Å². The fourth-order valence-corrected chi connectivity index (χ4v) is 5.78. The van der Waals surface area contributed by atoms with Crippen molar-refractivity contribution in [1.82, 2.24) is 9.21 Å². The van der Waals surface area contributed by atoms with Gasteiger partial charge < -0.3 is 0 Å². The maximum Gasteiger partial charge on any atom is 0.236 e. The molecular formula is C21H24N2O2S. The van der Waals surface area contributed by atoms with Gasteiger partial charge in [-0.15, -0.1) is 0 Å². The Kier molecular flexibility index (Phi) is 4.94. The van der Waals surface area contributed by atoms with E-state index in [0.717, 1.165) is 38.0 Å². The van der Waals surface area contributed by atoms with Crippen LogP contribution >= 0.6 is 0 Å². The van der Waals surface area contributed by atoms with Crippen LogP contribution in [-0.2, 0) is 16.6 Å². The molecule has 136 valence electrons. The minimum absolute atomic E-state index is 0.0860. The normalized spacial score (nSPS) is 24.3. The second-order valence-corrected chi connectivity index (χ2v) is 8.88. The Bertz CT molecular complexity index is 851. The molecule has 0 radical (unpaired) electrons. The van der Waals surface area contributed by atoms with E-state index in [4.69, 9.17) is 0 Å². The molecule has 2 fully saturated rings. The highest BCUT2D eigenvalue weighted by atomic mass is 32.2. The fourth-order valence-electron chi connectivity index (χ4n) is 4.14. The summed E-state index contributed by atoms with van der Waals surface area (Å²) in [7, 11) is -3.39. The van der Waals surface area contributed by atoms with Gasteiger partial charge in [-0.3, -0.25) is 4.90 Å². The van der Waals surface area contributed by atoms with E-state index >= 15 is 0 Å². The Morgan fingerprint density at radius 2 is 1.46 bits per heavy atom. The largest absolute Gasteiger partial charge is 0.296 e. The molecule has 2 heterocycles. The quantitative estimate of drug-likeness (QED) is 0.813. The van der Waals surface area contributed by atoms with Crippen molar-refractivity contribution in [2.75, 3.05) is 13.1 Å². The lowest BCUT2D eigenvalue weighted by atomic mass is 10.1. The van der Waals surface area contributed by atoms with E-state index in [1.54, 1.807) is 10.4 Å². The number of nitrogens with zero attached hydrogens (tertiary/aromatic N) is 2. The van der Waals surface area contributed by atoms with Crippen molar-refractivity contribution in [3.05, 3.63) is 77.2 Å². The number of rotatable bonds is 5. The summed E-state index contributed by atoms with van der Waals surface area (Å²) in [5.74, 6) is 0. The lowest BCUT2D eigenvalue weighted by Crippen LogP contribution is -2.54. The molecule has 4 nitrogen and oxygen atoms in total. The molecule has 2 aromatic rings. The predicted molar refractivity (Wildman–Crippen MR) is 105 cm³/mol. The van der Waals surface area contributed by atoms with Crippen molar-refractivity contribution in [3.8, 4) is 0 Å². The maximum absolute atomic E-state index is 12.9. The van der Waals surface area contributed by atoms with E-state index < -0.39 is 10.0 Å². The first-order valence-electron chi connectivity index (χ1n) is 9.15. The van der Waals surface area contributed by atoms with E-state index in [-0.39, 0.29) is 12.1 Å². The summed E-state index contributed by atoms with van der Waals surface area (Å²) >= 11 is 0. The number of benzene rings is 2. The van der Waals surface area contributed by atoms with Gasteiger partial charge in [-0.05, 0) is 30.0 Å². The van der Waals surface area contributed by atoms with E-state index in [9.17, 15) is 8.42 Å². The molecule has 0 N–H and O–H groups in total. The van der Waals surface area contributed by atoms with Crippen LogP contribution in [0.4, 0.5) is 0 Å². The molecule has 5 heteroatoms. The molecule has 2 aromatic carbocycles. The molecular weight excluding hydrogens is 344 g/mol. The Morgan fingerprint density at radius 3 is 2.08 bits per heavy atom. The van der Waals surface area contributed by atoms with Gasteiger partial charge in [-0.1, -0.05) is 60.7 Å². The Hall–Kier alpha value is -1.95. The number of fused-ring (bicyclic) bond motifs is 2. The number of likely N-dealkylation sites (tertiary alicyclic amines) is 1. The van der Waals surface area contributed by atoms with Gasteiger partial charge in [-0.2, -0.15) is 4.31 Å². The molecule has 2 aliphatic rings. The third-order valence-electron chi connectivity index (χ3n) is 5.27. The summed E-state index contributed by atoms with van der Waals surface area (Å²) in [5.41, 5.74) is 2.19. The highest BCUT2D eigenvalue weighted by Crippen LogP contribution is 2.34. The lowest BCUT2D eigenvalue weighted by Gasteiger charge is -2.39. The van der Waals surface area contributed by atoms with Crippen LogP contribution in [0, 0.1) is 0 Å². The smallest absolute Gasteiger partial charge is 0.236 e. The molecule has 0 unspecified atom stereocenters. The van der Waals surface area contributed by atoms with Crippen molar-refractivity contribution in [1.29, 1.82) is 0 Å². The summed E-state index contributed by atoms with van der Waals surface area (Å²) in [6.07, 6.45) is 3.61. The molecule has 4 rings (SSSR count). The van der Waals surface area contributed by atoms with Gasteiger partial charge in [0.05, 0.1) is 0 Å². The van der Waals surface area contributed by atoms with Gasteiger partial charge >= 0.3 is 0 Å². The van der Waals surface area contributed by atoms with Crippen LogP contribution in [0.5, 0.6) is 0 Å². The molecule has 0 spiro atoms. The fraction of sp³-hybridized carbons (Fsp3) is 0.333. The standard InChI is InChI=1S/C21H24N2O2S/c24-26(25,14-13-18-7-3-1-4-8-18)23-20-11-12-21(23)17-22(16-20)15-19-9-5-2-6-10-19/h1-10,13-14,20-21H,11-12,15-17H2/b14-13+/t20-,21-/m0/s1. The van der Waals surface area contributed by atoms with Gasteiger partial charge in [-0.25, -0.2) is 8.42 Å². The number of hydrogen-bond donors (Lipinski definition) is 0. The minimum atomic E-state index is -3.39. The average Bonchev–Trinajstić information content (AvgIpc) is 2.94. The van der Waals surface area contributed by atoms with Gasteiger partial charge in [0, 0.05) is 37.1 Å². The van der Waals surface area contributed by atoms with E-state index in [0.29, 0.717) is 0 Å². The zero-order chi connectivity index (χ0) is 18.0. The van der Waals surface area contributed by atoms with Gasteiger partial charge in [0.1, 0.15) is 0 Å². The van der Waals surface area contributed by atoms with Crippen molar-refractivity contribution < 1.29 is 8.42 Å². The van der Waals surface area contributed by atoms with Crippen LogP contribution in [0.1, 0.15) is 24.0 Å². The molecule has 2 aliphatic heterocycles. The highest BCUT2D eigenvalue weighted by molar-refractivity contribution is 7.92. The summed E-state index contributed by atoms with van der Waals surface area (Å²) in [4.78, 5) is 2.39. The number of piperazine rings is 1. The van der Waals surface area contributed by atoms with Crippen LogP contribution in [0.15, 0.2) is 66.1 Å². The highest BCUT2D eigenvalue weighted by Gasteiger charge is 2.45. The second kappa shape index (κ2) is 7.35. The Morgan fingerprint density at radius 1 is 0.885 bits per heavy atom. The van der Waals surface area contributed by atoms with Crippen molar-refractivity contribution in [3.63, 3.8) is 0 Å². The molecule has 0 aliphatic carbocycles. The summed E-state index contributed by atoms with van der Waals surface area (Å²) in [5, 5.41) is 1.38. The van der Waals surface area contributed by atoms with E-state index in [1.165, 1.54) is 11.0 Å².